The average molecular weight is 421 g/mol. The summed E-state index contributed by atoms with van der Waals surface area (Å²) < 4.78 is 1.42. The van der Waals surface area contributed by atoms with E-state index in [4.69, 9.17) is 5.26 Å². The Labute approximate surface area is 177 Å². The molecule has 1 aromatic heterocycles. The average Bonchev–Trinajstić information content (AvgIpc) is 3.33. The van der Waals surface area contributed by atoms with Crippen LogP contribution in [0.5, 0.6) is 0 Å². The van der Waals surface area contributed by atoms with Gasteiger partial charge in [-0.25, -0.2) is 4.68 Å². The number of carbonyl (C=O) groups excluding carboxylic acids is 4. The Kier molecular flexibility index (Phi) is 5.21. The van der Waals surface area contributed by atoms with E-state index in [0.29, 0.717) is 17.7 Å². The summed E-state index contributed by atoms with van der Waals surface area (Å²) in [5.74, 6) is -1.49. The minimum absolute atomic E-state index is 0.103. The van der Waals surface area contributed by atoms with Gasteiger partial charge in [0, 0.05) is 24.6 Å². The molecule has 31 heavy (non-hydrogen) atoms. The number of benzene rings is 1. The molecule has 0 spiro atoms. The van der Waals surface area contributed by atoms with Crippen molar-refractivity contribution in [1.82, 2.24) is 30.5 Å². The van der Waals surface area contributed by atoms with Gasteiger partial charge in [-0.2, -0.15) is 5.26 Å². The van der Waals surface area contributed by atoms with Crippen LogP contribution < -0.4 is 10.6 Å². The number of piperidine rings is 1. The van der Waals surface area contributed by atoms with E-state index in [-0.39, 0.29) is 42.9 Å². The predicted octanol–water partition coefficient (Wildman–Crippen LogP) is 0.0603. The van der Waals surface area contributed by atoms with Crippen LogP contribution in [0.2, 0.25) is 0 Å². The van der Waals surface area contributed by atoms with Crippen molar-refractivity contribution in [3.63, 3.8) is 0 Å². The molecule has 1 aromatic carbocycles. The Bertz CT molecular complexity index is 1130. The molecule has 11 nitrogen and oxygen atoms in total. The van der Waals surface area contributed by atoms with Gasteiger partial charge in [-0.3, -0.25) is 24.5 Å². The molecule has 1 fully saturated rings. The van der Waals surface area contributed by atoms with E-state index in [9.17, 15) is 19.2 Å². The minimum atomic E-state index is -0.682. The van der Waals surface area contributed by atoms with E-state index in [2.05, 4.69) is 20.9 Å². The highest BCUT2D eigenvalue weighted by atomic mass is 16.2. The topological polar surface area (TPSA) is 150 Å². The Morgan fingerprint density at radius 1 is 1.39 bits per heavy atom. The second kappa shape index (κ2) is 7.98. The van der Waals surface area contributed by atoms with Crippen molar-refractivity contribution in [2.75, 3.05) is 0 Å². The number of nitrogens with one attached hydrogen (secondary N) is 2. The Balaban J connectivity index is 1.51. The van der Waals surface area contributed by atoms with Crippen molar-refractivity contribution in [2.45, 2.75) is 44.8 Å². The number of hydrogen-bond acceptors (Lipinski definition) is 7. The zero-order valence-corrected chi connectivity index (χ0v) is 16.7. The van der Waals surface area contributed by atoms with Crippen LogP contribution in [-0.4, -0.2) is 55.6 Å². The quantitative estimate of drug-likeness (QED) is 0.648. The summed E-state index contributed by atoms with van der Waals surface area (Å²) >= 11 is 0. The molecule has 2 atom stereocenters. The number of amides is 4. The number of rotatable bonds is 5. The lowest BCUT2D eigenvalue weighted by Gasteiger charge is -2.29. The monoisotopic (exact) mass is 421 g/mol. The molecule has 2 aliphatic rings. The summed E-state index contributed by atoms with van der Waals surface area (Å²) in [5.41, 5.74) is 1.91. The number of nitrogens with zero attached hydrogens (tertiary/aromatic N) is 5. The molecule has 11 heteroatoms. The van der Waals surface area contributed by atoms with E-state index in [1.54, 1.807) is 25.1 Å². The highest BCUT2D eigenvalue weighted by molar-refractivity contribution is 6.05. The molecule has 2 N–H and O–H groups in total. The number of aromatic nitrogens is 3. The van der Waals surface area contributed by atoms with E-state index >= 15 is 0 Å². The second-order valence-electron chi connectivity index (χ2n) is 7.53. The molecule has 1 saturated heterocycles. The van der Waals surface area contributed by atoms with Crippen molar-refractivity contribution in [2.24, 2.45) is 0 Å². The first-order valence-corrected chi connectivity index (χ1v) is 9.75. The summed E-state index contributed by atoms with van der Waals surface area (Å²) in [4.78, 5) is 50.0. The van der Waals surface area contributed by atoms with Crippen LogP contribution in [0.3, 0.4) is 0 Å². The second-order valence-corrected chi connectivity index (χ2v) is 7.53. The fraction of sp³-hybridized carbons (Fsp3) is 0.350. The standard InChI is InChI=1S/C20H19N7O4/c1-11(6-7-21)22-18(29)15-10-27(25-24-15)13-2-3-14-12(8-13)9-26(20(14)31)16-4-5-17(28)23-19(16)30/h2-3,8,10-11,16H,4-6,9H2,1H3,(H,22,29)(H,23,28,30). The van der Waals surface area contributed by atoms with Crippen molar-refractivity contribution in [3.8, 4) is 11.8 Å². The Morgan fingerprint density at radius 2 is 2.19 bits per heavy atom. The minimum Gasteiger partial charge on any atom is -0.347 e. The number of nitriles is 1. The van der Waals surface area contributed by atoms with Gasteiger partial charge in [-0.05, 0) is 37.1 Å². The molecule has 4 amide bonds. The number of fused-ring (bicyclic) bond motifs is 1. The number of hydrogen-bond donors (Lipinski definition) is 2. The number of imide groups is 1. The first kappa shape index (κ1) is 20.2. The Hall–Kier alpha value is -4.07. The van der Waals surface area contributed by atoms with Gasteiger partial charge in [0.15, 0.2) is 5.69 Å². The molecule has 4 rings (SSSR count). The lowest BCUT2D eigenvalue weighted by atomic mass is 10.0. The summed E-state index contributed by atoms with van der Waals surface area (Å²) in [6, 6.07) is 6.08. The van der Waals surface area contributed by atoms with Crippen LogP contribution in [0.4, 0.5) is 0 Å². The highest BCUT2D eigenvalue weighted by Crippen LogP contribution is 2.29. The molecular weight excluding hydrogens is 402 g/mol. The lowest BCUT2D eigenvalue weighted by molar-refractivity contribution is -0.136. The third-order valence-electron chi connectivity index (χ3n) is 5.27. The molecule has 0 bridgehead atoms. The van der Waals surface area contributed by atoms with Crippen molar-refractivity contribution in [3.05, 3.63) is 41.2 Å². The summed E-state index contributed by atoms with van der Waals surface area (Å²) in [6.45, 7) is 1.96. The summed E-state index contributed by atoms with van der Waals surface area (Å²) in [7, 11) is 0. The molecular formula is C20H19N7O4. The SMILES string of the molecule is CC(CC#N)NC(=O)c1cn(-c2ccc3c(c2)CN(C2CCC(=O)NC2=O)C3=O)nn1. The third kappa shape index (κ3) is 3.87. The van der Waals surface area contributed by atoms with Gasteiger partial charge in [-0.15, -0.1) is 5.10 Å². The van der Waals surface area contributed by atoms with Gasteiger partial charge in [0.05, 0.1) is 24.4 Å². The third-order valence-corrected chi connectivity index (χ3v) is 5.27. The van der Waals surface area contributed by atoms with Gasteiger partial charge in [-0.1, -0.05) is 5.21 Å². The van der Waals surface area contributed by atoms with Gasteiger partial charge in [0.25, 0.3) is 11.8 Å². The smallest absolute Gasteiger partial charge is 0.273 e. The molecule has 0 saturated carbocycles. The van der Waals surface area contributed by atoms with E-state index < -0.39 is 17.9 Å². The van der Waals surface area contributed by atoms with Gasteiger partial charge >= 0.3 is 0 Å². The fourth-order valence-electron chi connectivity index (χ4n) is 3.68. The maximum atomic E-state index is 12.8. The maximum absolute atomic E-state index is 12.8. The number of carbonyl (C=O) groups is 4. The molecule has 3 heterocycles. The first-order chi connectivity index (χ1) is 14.9. The van der Waals surface area contributed by atoms with Crippen LogP contribution in [0, 0.1) is 11.3 Å². The van der Waals surface area contributed by atoms with Gasteiger partial charge in [0.1, 0.15) is 6.04 Å². The summed E-state index contributed by atoms with van der Waals surface area (Å²) in [6.07, 6.45) is 2.13. The zero-order chi connectivity index (χ0) is 22.1. The van der Waals surface area contributed by atoms with Crippen molar-refractivity contribution < 1.29 is 19.2 Å². The predicted molar refractivity (Wildman–Crippen MR) is 105 cm³/mol. The first-order valence-electron chi connectivity index (χ1n) is 9.75. The normalized spacial score (nSPS) is 18.9. The van der Waals surface area contributed by atoms with Crippen molar-refractivity contribution in [1.29, 1.82) is 5.26 Å². The largest absolute Gasteiger partial charge is 0.347 e. The molecule has 0 aliphatic carbocycles. The van der Waals surface area contributed by atoms with Crippen molar-refractivity contribution >= 4 is 23.6 Å². The van der Waals surface area contributed by atoms with Crippen LogP contribution in [0.25, 0.3) is 5.69 Å². The van der Waals surface area contributed by atoms with Crippen LogP contribution >= 0.6 is 0 Å². The van der Waals surface area contributed by atoms with Gasteiger partial charge in [0.2, 0.25) is 11.8 Å². The lowest BCUT2D eigenvalue weighted by Crippen LogP contribution is -2.52. The van der Waals surface area contributed by atoms with E-state index in [0.717, 1.165) is 5.56 Å². The van der Waals surface area contributed by atoms with E-state index in [1.165, 1.54) is 15.8 Å². The van der Waals surface area contributed by atoms with Gasteiger partial charge < -0.3 is 10.2 Å². The summed E-state index contributed by atoms with van der Waals surface area (Å²) in [5, 5.41) is 21.5. The van der Waals surface area contributed by atoms with Crippen LogP contribution in [0.1, 0.15) is 52.6 Å². The fourth-order valence-corrected chi connectivity index (χ4v) is 3.68. The highest BCUT2D eigenvalue weighted by Gasteiger charge is 2.39. The molecule has 2 aliphatic heterocycles. The zero-order valence-electron chi connectivity index (χ0n) is 16.7. The van der Waals surface area contributed by atoms with E-state index in [1.807, 2.05) is 6.07 Å². The molecule has 2 unspecified atom stereocenters. The molecule has 0 radical (unpaired) electrons. The molecule has 2 aromatic rings. The van der Waals surface area contributed by atoms with Crippen LogP contribution in [0.15, 0.2) is 24.4 Å². The Morgan fingerprint density at radius 3 is 2.94 bits per heavy atom. The molecule has 158 valence electrons. The van der Waals surface area contributed by atoms with Crippen LogP contribution in [-0.2, 0) is 16.1 Å². The maximum Gasteiger partial charge on any atom is 0.273 e.